The number of hydrogen-bond donors (Lipinski definition) is 0. The summed E-state index contributed by atoms with van der Waals surface area (Å²) in [6, 6.07) is 0. The molecule has 0 N–H and O–H groups in total. The minimum absolute atomic E-state index is 0.133. The van der Waals surface area contributed by atoms with E-state index in [0.717, 1.165) is 19.4 Å². The first-order valence-corrected chi connectivity index (χ1v) is 17.0. The van der Waals surface area contributed by atoms with Gasteiger partial charge in [0.15, 0.2) is 20.9 Å². The Kier molecular flexibility index (Phi) is 9.04. The lowest BCUT2D eigenvalue weighted by atomic mass is 9.61. The second-order valence-electron chi connectivity index (χ2n) is 13.5. The van der Waals surface area contributed by atoms with Crippen molar-refractivity contribution in [3.05, 3.63) is 22.8 Å². The third-order valence-corrected chi connectivity index (χ3v) is 14.7. The summed E-state index contributed by atoms with van der Waals surface area (Å²) in [5, 5.41) is 0.222. The van der Waals surface area contributed by atoms with E-state index in [-0.39, 0.29) is 28.6 Å². The molecule has 1 aliphatic heterocycles. The van der Waals surface area contributed by atoms with Crippen LogP contribution in [0.4, 0.5) is 0 Å². The van der Waals surface area contributed by atoms with Crippen LogP contribution in [0.3, 0.4) is 0 Å². The predicted octanol–water partition coefficient (Wildman–Crippen LogP) is 7.14. The van der Waals surface area contributed by atoms with Crippen molar-refractivity contribution in [3.63, 3.8) is 0 Å². The number of aldehydes is 1. The van der Waals surface area contributed by atoms with Crippen molar-refractivity contribution >= 4 is 27.1 Å². The molecule has 2 fully saturated rings. The van der Waals surface area contributed by atoms with Gasteiger partial charge in [-0.3, -0.25) is 0 Å². The molecular weight excluding hydrogens is 472 g/mol. The molecule has 0 spiro atoms. The van der Waals surface area contributed by atoms with Gasteiger partial charge in [-0.25, -0.2) is 0 Å². The van der Waals surface area contributed by atoms with Crippen LogP contribution >= 0.6 is 0 Å². The smallest absolute Gasteiger partial charge is 0.197 e. The normalized spacial score (nSPS) is 37.4. The maximum Gasteiger partial charge on any atom is 0.197 e. The highest BCUT2D eigenvalue weighted by Crippen LogP contribution is 2.59. The van der Waals surface area contributed by atoms with Gasteiger partial charge < -0.3 is 14.0 Å². The van der Waals surface area contributed by atoms with Crippen LogP contribution in [0.1, 0.15) is 86.5 Å². The van der Waals surface area contributed by atoms with Crippen LogP contribution in [-0.4, -0.2) is 37.6 Å². The van der Waals surface area contributed by atoms with Gasteiger partial charge in [0.1, 0.15) is 6.29 Å². The average Bonchev–Trinajstić information content (AvgIpc) is 3.35. The fourth-order valence-electron chi connectivity index (χ4n) is 7.30. The fourth-order valence-corrected chi connectivity index (χ4v) is 8.61. The Bertz CT molecular complexity index is 844. The largest absolute Gasteiger partial charge is 0.410 e. The molecule has 0 bridgehead atoms. The molecule has 7 atom stereocenters. The van der Waals surface area contributed by atoms with Gasteiger partial charge in [-0.15, -0.1) is 0 Å². The maximum atomic E-state index is 11.6. The Labute approximate surface area is 220 Å². The molecule has 0 aromatic rings. The highest BCUT2D eigenvalue weighted by atomic mass is 32.1. The summed E-state index contributed by atoms with van der Waals surface area (Å²) in [6.07, 6.45) is 12.5. The number of fused-ring (bicyclic) bond motifs is 1. The summed E-state index contributed by atoms with van der Waals surface area (Å²) in [7, 11) is -1.83. The molecule has 1 unspecified atom stereocenters. The van der Waals surface area contributed by atoms with Crippen molar-refractivity contribution in [3.8, 4) is 0 Å². The van der Waals surface area contributed by atoms with Crippen LogP contribution in [0.15, 0.2) is 22.8 Å². The third kappa shape index (κ3) is 5.61. The summed E-state index contributed by atoms with van der Waals surface area (Å²) in [6.45, 7) is 19.5. The van der Waals surface area contributed by atoms with Crippen LogP contribution < -0.4 is 0 Å². The molecular formula is C29H48O4SSi. The molecule has 4 rings (SSSR count). The van der Waals surface area contributed by atoms with Crippen molar-refractivity contribution in [2.75, 3.05) is 6.61 Å². The number of hydrogen-bond acceptors (Lipinski definition) is 5. The first-order valence-electron chi connectivity index (χ1n) is 13.7. The number of allylic oxidation sites excluding steroid dienone is 1. The summed E-state index contributed by atoms with van der Waals surface area (Å²) in [4.78, 5) is 11.6. The lowest BCUT2D eigenvalue weighted by Crippen LogP contribution is -2.45. The second kappa shape index (κ2) is 11.0. The Hall–Kier alpha value is -0.693. The van der Waals surface area contributed by atoms with Gasteiger partial charge in [0.2, 0.25) is 0 Å². The van der Waals surface area contributed by atoms with Gasteiger partial charge in [0, 0.05) is 5.92 Å². The number of rotatable bonds is 5. The lowest BCUT2D eigenvalue weighted by Gasteiger charge is -2.44. The zero-order valence-corrected chi connectivity index (χ0v) is 25.1. The fraction of sp³-hybridized carbons (Fsp3) is 0.828. The van der Waals surface area contributed by atoms with Crippen LogP contribution in [0.25, 0.3) is 0 Å². The highest BCUT2D eigenvalue weighted by Gasteiger charge is 2.51. The van der Waals surface area contributed by atoms with E-state index in [2.05, 4.69) is 73.2 Å². The molecule has 1 heterocycles. The van der Waals surface area contributed by atoms with E-state index in [9.17, 15) is 4.79 Å². The molecule has 4 nitrogen and oxygen atoms in total. The minimum atomic E-state index is -1.83. The molecule has 0 aromatic heterocycles. The Morgan fingerprint density at radius 1 is 1.20 bits per heavy atom. The first-order chi connectivity index (χ1) is 16.4. The van der Waals surface area contributed by atoms with Crippen LogP contribution in [-0.2, 0) is 26.5 Å². The summed E-state index contributed by atoms with van der Waals surface area (Å²) < 4.78 is 21.3. The molecule has 3 aliphatic carbocycles. The van der Waals surface area contributed by atoms with E-state index in [4.69, 9.17) is 13.4 Å². The number of carbonyl (C=O) groups excluding carboxylic acids is 1. The van der Waals surface area contributed by atoms with Crippen molar-refractivity contribution in [2.24, 2.45) is 29.1 Å². The lowest BCUT2D eigenvalue weighted by molar-refractivity contribution is -0.113. The van der Waals surface area contributed by atoms with E-state index >= 15 is 0 Å². The van der Waals surface area contributed by atoms with E-state index in [1.54, 1.807) is 5.57 Å². The minimum Gasteiger partial charge on any atom is -0.410 e. The summed E-state index contributed by atoms with van der Waals surface area (Å²) in [5.41, 5.74) is 4.86. The third-order valence-electron chi connectivity index (χ3n) is 10.2. The van der Waals surface area contributed by atoms with Gasteiger partial charge in [-0.2, -0.15) is 4.21 Å². The van der Waals surface area contributed by atoms with E-state index in [1.165, 1.54) is 49.5 Å². The Balaban J connectivity index is 0.00000167. The zero-order valence-electron chi connectivity index (χ0n) is 23.3. The molecule has 2 saturated carbocycles. The van der Waals surface area contributed by atoms with Crippen molar-refractivity contribution < 1.29 is 18.2 Å². The summed E-state index contributed by atoms with van der Waals surface area (Å²) >= 11 is 2.83. The van der Waals surface area contributed by atoms with E-state index in [0.29, 0.717) is 17.8 Å². The van der Waals surface area contributed by atoms with Gasteiger partial charge in [0.25, 0.3) is 0 Å². The van der Waals surface area contributed by atoms with E-state index < -0.39 is 8.32 Å². The zero-order chi connectivity index (χ0) is 26.2. The molecule has 0 aromatic carbocycles. The van der Waals surface area contributed by atoms with Gasteiger partial charge >= 0.3 is 0 Å². The second-order valence-corrected chi connectivity index (χ2v) is 18.3. The SMILES string of the molecule is C[C@@H]1CC2=C(COC2/C=C2\CCC[C@]3(C)[C@@H]([C@H](C)C=O)CC[C@@H]23)[C@@H](O[Si](C)(C)C(C)(C)C)C1.O=S. The molecule has 6 heteroatoms. The molecule has 4 aliphatic rings. The molecule has 35 heavy (non-hydrogen) atoms. The van der Waals surface area contributed by atoms with Crippen LogP contribution in [0.2, 0.25) is 18.1 Å². The van der Waals surface area contributed by atoms with E-state index in [1.807, 2.05) is 0 Å². The van der Waals surface area contributed by atoms with Crippen molar-refractivity contribution in [1.29, 1.82) is 0 Å². The van der Waals surface area contributed by atoms with Crippen molar-refractivity contribution in [2.45, 2.75) is 117 Å². The quantitative estimate of drug-likeness (QED) is 0.219. The predicted molar refractivity (Wildman–Crippen MR) is 147 cm³/mol. The molecule has 0 saturated heterocycles. The van der Waals surface area contributed by atoms with Crippen LogP contribution in [0.5, 0.6) is 0 Å². The highest BCUT2D eigenvalue weighted by molar-refractivity contribution is 7.44. The molecule has 198 valence electrons. The monoisotopic (exact) mass is 520 g/mol. The number of ether oxygens (including phenoxy) is 1. The number of carbonyl (C=O) groups is 1. The van der Waals surface area contributed by atoms with Gasteiger partial charge in [0.05, 0.1) is 18.8 Å². The first kappa shape index (κ1) is 28.9. The maximum absolute atomic E-state index is 11.6. The van der Waals surface area contributed by atoms with Gasteiger partial charge in [-0.05, 0) is 97.4 Å². The molecule has 0 amide bonds. The standard InChI is InChI=1S/C29H48O3Si.OS/c1-19-14-22-23(27(15-19)32-33(7,8)28(3,4)5)18-31-26(22)16-21-10-9-13-29(6)24(20(2)17-30)11-12-25(21)29;1-2/h16-17,19-20,24-27H,9-15,18H2,1-8H3;/b21-16+;/t19-,20-,24-,25+,26?,27+,29-;/m1./s1. The molecule has 0 radical (unpaired) electrons. The average molecular weight is 521 g/mol. The van der Waals surface area contributed by atoms with Crippen molar-refractivity contribution in [1.82, 2.24) is 0 Å². The Morgan fingerprint density at radius 2 is 1.89 bits per heavy atom. The topological polar surface area (TPSA) is 52.6 Å². The van der Waals surface area contributed by atoms with Crippen LogP contribution in [0, 0.1) is 29.1 Å². The Morgan fingerprint density at radius 3 is 2.51 bits per heavy atom. The van der Waals surface area contributed by atoms with Gasteiger partial charge in [-0.1, -0.05) is 53.2 Å². The summed E-state index contributed by atoms with van der Waals surface area (Å²) in [5.74, 6) is 1.96.